The molecule has 158 valence electrons. The second kappa shape index (κ2) is 10.5. The standard InChI is InChI=1S/C23H19BrFN3O3/c1-15(17-7-10-19(11-8-17)31-14-16-5-3-2-4-6-16)27-28-23(30)22(29)26-21-12-9-18(24)13-20(21)25/h2-13H,14H2,1H3,(H,26,29)(H,28,30)/b27-15+. The summed E-state index contributed by atoms with van der Waals surface area (Å²) in [4.78, 5) is 23.9. The Hall–Kier alpha value is -3.52. The van der Waals surface area contributed by atoms with Crippen LogP contribution in [0.1, 0.15) is 18.1 Å². The van der Waals surface area contributed by atoms with E-state index in [-0.39, 0.29) is 5.69 Å². The lowest BCUT2D eigenvalue weighted by Gasteiger charge is -2.08. The van der Waals surface area contributed by atoms with Gasteiger partial charge in [-0.3, -0.25) is 9.59 Å². The molecule has 0 saturated carbocycles. The molecule has 2 amide bonds. The van der Waals surface area contributed by atoms with Crippen molar-refractivity contribution >= 4 is 39.1 Å². The molecule has 8 heteroatoms. The van der Waals surface area contributed by atoms with E-state index in [1.165, 1.54) is 12.1 Å². The molecule has 0 bridgehead atoms. The quantitative estimate of drug-likeness (QED) is 0.304. The molecule has 3 aromatic rings. The van der Waals surface area contributed by atoms with Crippen LogP contribution in [-0.2, 0) is 16.2 Å². The summed E-state index contributed by atoms with van der Waals surface area (Å²) in [5.74, 6) is -2.00. The maximum atomic E-state index is 13.8. The van der Waals surface area contributed by atoms with E-state index < -0.39 is 17.6 Å². The molecule has 0 aromatic heterocycles. The highest BCUT2D eigenvalue weighted by Gasteiger charge is 2.15. The third-order valence-electron chi connectivity index (χ3n) is 4.23. The van der Waals surface area contributed by atoms with Gasteiger partial charge in [0.1, 0.15) is 18.2 Å². The number of anilines is 1. The minimum absolute atomic E-state index is 0.102. The number of nitrogens with one attached hydrogen (secondary N) is 2. The topological polar surface area (TPSA) is 79.8 Å². The van der Waals surface area contributed by atoms with Crippen molar-refractivity contribution < 1.29 is 18.7 Å². The van der Waals surface area contributed by atoms with Gasteiger partial charge in [-0.1, -0.05) is 46.3 Å². The fourth-order valence-electron chi connectivity index (χ4n) is 2.55. The molecular formula is C23H19BrFN3O3. The van der Waals surface area contributed by atoms with Gasteiger partial charge in [-0.25, -0.2) is 9.82 Å². The monoisotopic (exact) mass is 483 g/mol. The minimum atomic E-state index is -1.03. The van der Waals surface area contributed by atoms with Crippen LogP contribution in [0.5, 0.6) is 5.75 Å². The number of carbonyl (C=O) groups excluding carboxylic acids is 2. The van der Waals surface area contributed by atoms with Crippen LogP contribution in [0, 0.1) is 5.82 Å². The molecule has 0 aliphatic carbocycles. The lowest BCUT2D eigenvalue weighted by Crippen LogP contribution is -2.33. The van der Waals surface area contributed by atoms with Crippen LogP contribution in [0.2, 0.25) is 0 Å². The first-order valence-corrected chi connectivity index (χ1v) is 10.1. The Morgan fingerprint density at radius 3 is 2.39 bits per heavy atom. The fourth-order valence-corrected chi connectivity index (χ4v) is 2.89. The molecule has 0 heterocycles. The first kappa shape index (κ1) is 22.2. The van der Waals surface area contributed by atoms with Crippen molar-refractivity contribution in [3.63, 3.8) is 0 Å². The molecule has 0 fully saturated rings. The van der Waals surface area contributed by atoms with Gasteiger partial charge >= 0.3 is 11.8 Å². The molecule has 3 rings (SSSR count). The van der Waals surface area contributed by atoms with Gasteiger partial charge in [-0.05, 0) is 60.5 Å². The maximum absolute atomic E-state index is 13.8. The number of hydrogen-bond donors (Lipinski definition) is 2. The van der Waals surface area contributed by atoms with Crippen LogP contribution in [0.3, 0.4) is 0 Å². The smallest absolute Gasteiger partial charge is 0.329 e. The highest BCUT2D eigenvalue weighted by molar-refractivity contribution is 9.10. The molecule has 3 aromatic carbocycles. The van der Waals surface area contributed by atoms with E-state index in [1.54, 1.807) is 37.3 Å². The van der Waals surface area contributed by atoms with Crippen molar-refractivity contribution in [3.05, 3.63) is 94.2 Å². The predicted octanol–water partition coefficient (Wildman–Crippen LogP) is 4.65. The van der Waals surface area contributed by atoms with E-state index in [4.69, 9.17) is 4.74 Å². The summed E-state index contributed by atoms with van der Waals surface area (Å²) >= 11 is 3.12. The van der Waals surface area contributed by atoms with E-state index in [2.05, 4.69) is 31.8 Å². The van der Waals surface area contributed by atoms with E-state index in [1.807, 2.05) is 30.3 Å². The second-order valence-electron chi connectivity index (χ2n) is 6.52. The Bertz CT molecular complexity index is 1100. The van der Waals surface area contributed by atoms with E-state index in [9.17, 15) is 14.0 Å². The Morgan fingerprint density at radius 2 is 1.71 bits per heavy atom. The van der Waals surface area contributed by atoms with Crippen LogP contribution in [0.15, 0.2) is 82.4 Å². The molecule has 31 heavy (non-hydrogen) atoms. The summed E-state index contributed by atoms with van der Waals surface area (Å²) < 4.78 is 20.0. The van der Waals surface area contributed by atoms with Crippen molar-refractivity contribution in [3.8, 4) is 5.75 Å². The van der Waals surface area contributed by atoms with Crippen molar-refractivity contribution in [2.24, 2.45) is 5.10 Å². The van der Waals surface area contributed by atoms with Crippen molar-refractivity contribution in [2.75, 3.05) is 5.32 Å². The zero-order chi connectivity index (χ0) is 22.2. The number of rotatable bonds is 6. The molecule has 6 nitrogen and oxygen atoms in total. The van der Waals surface area contributed by atoms with Crippen LogP contribution in [0.25, 0.3) is 0 Å². The van der Waals surface area contributed by atoms with Crippen molar-refractivity contribution in [1.29, 1.82) is 0 Å². The molecular weight excluding hydrogens is 465 g/mol. The van der Waals surface area contributed by atoms with E-state index in [0.29, 0.717) is 22.5 Å². The van der Waals surface area contributed by atoms with Gasteiger partial charge in [-0.15, -0.1) is 0 Å². The second-order valence-corrected chi connectivity index (χ2v) is 7.43. The Morgan fingerprint density at radius 1 is 1.00 bits per heavy atom. The van der Waals surface area contributed by atoms with E-state index in [0.717, 1.165) is 11.1 Å². The number of halogens is 2. The number of hydrazone groups is 1. The molecule has 0 unspecified atom stereocenters. The number of ether oxygens (including phenoxy) is 1. The third-order valence-corrected chi connectivity index (χ3v) is 4.72. The minimum Gasteiger partial charge on any atom is -0.489 e. The Labute approximate surface area is 187 Å². The molecule has 0 spiro atoms. The number of nitrogens with zero attached hydrogens (tertiary/aromatic N) is 1. The fraction of sp³-hybridized carbons (Fsp3) is 0.0870. The first-order valence-electron chi connectivity index (χ1n) is 9.30. The SMILES string of the molecule is C/C(=N\NC(=O)C(=O)Nc1ccc(Br)cc1F)c1ccc(OCc2ccccc2)cc1. The zero-order valence-electron chi connectivity index (χ0n) is 16.6. The Balaban J connectivity index is 1.54. The van der Waals surface area contributed by atoms with Crippen LogP contribution in [0.4, 0.5) is 10.1 Å². The summed E-state index contributed by atoms with van der Waals surface area (Å²) in [6.07, 6.45) is 0. The lowest BCUT2D eigenvalue weighted by molar-refractivity contribution is -0.136. The van der Waals surface area contributed by atoms with Crippen molar-refractivity contribution in [2.45, 2.75) is 13.5 Å². The molecule has 0 atom stereocenters. The van der Waals surface area contributed by atoms with Crippen LogP contribution in [-0.4, -0.2) is 17.5 Å². The number of carbonyl (C=O) groups is 2. The average molecular weight is 484 g/mol. The van der Waals surface area contributed by atoms with Gasteiger partial charge in [0.25, 0.3) is 0 Å². The van der Waals surface area contributed by atoms with Crippen molar-refractivity contribution in [1.82, 2.24) is 5.43 Å². The number of amides is 2. The first-order chi connectivity index (χ1) is 14.9. The normalized spacial score (nSPS) is 11.0. The third kappa shape index (κ3) is 6.48. The van der Waals surface area contributed by atoms with Gasteiger partial charge in [0.2, 0.25) is 0 Å². The van der Waals surface area contributed by atoms with Crippen LogP contribution >= 0.6 is 15.9 Å². The molecule has 0 saturated heterocycles. The van der Waals surface area contributed by atoms with Crippen LogP contribution < -0.4 is 15.5 Å². The predicted molar refractivity (Wildman–Crippen MR) is 120 cm³/mol. The zero-order valence-corrected chi connectivity index (χ0v) is 18.1. The van der Waals surface area contributed by atoms with Gasteiger partial charge in [0.05, 0.1) is 11.4 Å². The highest BCUT2D eigenvalue weighted by atomic mass is 79.9. The largest absolute Gasteiger partial charge is 0.489 e. The highest BCUT2D eigenvalue weighted by Crippen LogP contribution is 2.19. The summed E-state index contributed by atoms with van der Waals surface area (Å²) in [6.45, 7) is 2.14. The van der Waals surface area contributed by atoms with Gasteiger partial charge < -0.3 is 10.1 Å². The molecule has 0 radical (unpaired) electrons. The maximum Gasteiger partial charge on any atom is 0.329 e. The summed E-state index contributed by atoms with van der Waals surface area (Å²) in [7, 11) is 0. The number of hydrogen-bond acceptors (Lipinski definition) is 4. The van der Waals surface area contributed by atoms with Gasteiger partial charge in [0.15, 0.2) is 0 Å². The van der Waals surface area contributed by atoms with Gasteiger partial charge in [0, 0.05) is 4.47 Å². The number of benzene rings is 3. The molecule has 0 aliphatic heterocycles. The molecule has 2 N–H and O–H groups in total. The summed E-state index contributed by atoms with van der Waals surface area (Å²) in [5, 5.41) is 6.13. The average Bonchev–Trinajstić information content (AvgIpc) is 2.78. The summed E-state index contributed by atoms with van der Waals surface area (Å²) in [6, 6.07) is 21.1. The lowest BCUT2D eigenvalue weighted by atomic mass is 10.1. The molecule has 0 aliphatic rings. The van der Waals surface area contributed by atoms with Gasteiger partial charge in [-0.2, -0.15) is 5.10 Å². The van der Waals surface area contributed by atoms with E-state index >= 15 is 0 Å². The Kier molecular flexibility index (Phi) is 7.50. The summed E-state index contributed by atoms with van der Waals surface area (Å²) in [5.41, 5.74) is 4.36.